The summed E-state index contributed by atoms with van der Waals surface area (Å²) in [6.07, 6.45) is 3.98. The minimum absolute atomic E-state index is 0.201. The smallest absolute Gasteiger partial charge is 0.265 e. The summed E-state index contributed by atoms with van der Waals surface area (Å²) in [7, 11) is -1.42. The number of carbonyl (C=O) groups excluding carboxylic acids is 1. The van der Waals surface area contributed by atoms with Gasteiger partial charge in [0.15, 0.2) is 0 Å². The highest BCUT2D eigenvalue weighted by Crippen LogP contribution is 2.20. The second-order valence-electron chi connectivity index (χ2n) is 7.07. The number of hydrogen-bond donors (Lipinski definition) is 1. The average Bonchev–Trinajstić information content (AvgIpc) is 2.94. The molecule has 2 heterocycles. The monoisotopic (exact) mass is 380 g/mol. The van der Waals surface area contributed by atoms with Crippen LogP contribution in [-0.2, 0) is 10.0 Å². The third-order valence-corrected chi connectivity index (χ3v) is 7.00. The predicted molar refractivity (Wildman–Crippen MR) is 100 cm³/mol. The number of likely N-dealkylation sites (N-methyl/N-ethyl adjacent to an activating group) is 1. The van der Waals surface area contributed by atoms with Gasteiger partial charge in [-0.05, 0) is 44.2 Å². The van der Waals surface area contributed by atoms with Gasteiger partial charge in [0.25, 0.3) is 5.91 Å². The molecular weight excluding hydrogens is 352 g/mol. The van der Waals surface area contributed by atoms with E-state index in [4.69, 9.17) is 0 Å². The molecule has 3 rings (SSSR count). The van der Waals surface area contributed by atoms with E-state index in [9.17, 15) is 13.2 Å². The van der Waals surface area contributed by atoms with Crippen LogP contribution in [0.4, 0.5) is 0 Å². The van der Waals surface area contributed by atoms with Crippen molar-refractivity contribution in [2.45, 2.75) is 30.6 Å². The lowest BCUT2D eigenvalue weighted by atomic mass is 10.2. The Morgan fingerprint density at radius 1 is 0.885 bits per heavy atom. The largest absolute Gasteiger partial charge is 0.304 e. The highest BCUT2D eigenvalue weighted by atomic mass is 32.2. The first-order chi connectivity index (χ1) is 12.5. The van der Waals surface area contributed by atoms with Crippen LogP contribution < -0.4 is 5.43 Å². The number of carbonyl (C=O) groups is 1. The molecule has 2 saturated heterocycles. The number of sulfonamides is 1. The number of amides is 1. The van der Waals surface area contributed by atoms with Gasteiger partial charge in [-0.15, -0.1) is 0 Å². The summed E-state index contributed by atoms with van der Waals surface area (Å²) in [5.41, 5.74) is 3.36. The maximum absolute atomic E-state index is 12.8. The number of hydrazine groups is 1. The normalized spacial score (nSPS) is 21.3. The third kappa shape index (κ3) is 4.62. The van der Waals surface area contributed by atoms with Crippen LogP contribution >= 0.6 is 0 Å². The van der Waals surface area contributed by atoms with Gasteiger partial charge in [0.2, 0.25) is 10.0 Å². The Labute approximate surface area is 156 Å². The summed E-state index contributed by atoms with van der Waals surface area (Å²) in [4.78, 5) is 14.8. The molecule has 0 spiro atoms. The molecule has 0 radical (unpaired) electrons. The summed E-state index contributed by atoms with van der Waals surface area (Å²) >= 11 is 0. The van der Waals surface area contributed by atoms with Gasteiger partial charge in [-0.1, -0.05) is 12.8 Å². The first-order valence-corrected chi connectivity index (χ1v) is 10.8. The Morgan fingerprint density at radius 2 is 1.46 bits per heavy atom. The van der Waals surface area contributed by atoms with Gasteiger partial charge < -0.3 is 4.90 Å². The molecule has 0 atom stereocenters. The highest BCUT2D eigenvalue weighted by molar-refractivity contribution is 7.89. The molecule has 1 amide bonds. The Morgan fingerprint density at radius 3 is 2.04 bits per heavy atom. The molecule has 0 bridgehead atoms. The van der Waals surface area contributed by atoms with Crippen molar-refractivity contribution < 1.29 is 13.2 Å². The molecule has 0 aromatic heterocycles. The van der Waals surface area contributed by atoms with E-state index < -0.39 is 10.0 Å². The zero-order chi connectivity index (χ0) is 18.6. The van der Waals surface area contributed by atoms with Crippen LogP contribution in [0.15, 0.2) is 29.2 Å². The SMILES string of the molecule is CN1CCN(NC(=O)c2ccc(S(=O)(=O)N3CCCCCC3)cc2)CC1. The minimum atomic E-state index is -3.48. The van der Waals surface area contributed by atoms with Crippen molar-refractivity contribution in [1.82, 2.24) is 19.6 Å². The lowest BCUT2D eigenvalue weighted by Gasteiger charge is -2.32. The van der Waals surface area contributed by atoms with Crippen LogP contribution in [0.25, 0.3) is 0 Å². The molecule has 1 N–H and O–H groups in total. The van der Waals surface area contributed by atoms with Crippen molar-refractivity contribution in [3.8, 4) is 0 Å². The fourth-order valence-corrected chi connectivity index (χ4v) is 4.85. The number of nitrogens with zero attached hydrogens (tertiary/aromatic N) is 3. The summed E-state index contributed by atoms with van der Waals surface area (Å²) in [5, 5.41) is 1.91. The van der Waals surface area contributed by atoms with Crippen LogP contribution in [0.3, 0.4) is 0 Å². The van der Waals surface area contributed by atoms with E-state index in [1.165, 1.54) is 0 Å². The summed E-state index contributed by atoms with van der Waals surface area (Å²) in [6.45, 7) is 4.54. The van der Waals surface area contributed by atoms with Crippen molar-refractivity contribution in [2.75, 3.05) is 46.3 Å². The van der Waals surface area contributed by atoms with Crippen LogP contribution in [0.1, 0.15) is 36.0 Å². The number of piperazine rings is 1. The Hall–Kier alpha value is -1.48. The molecule has 144 valence electrons. The second-order valence-corrected chi connectivity index (χ2v) is 9.01. The molecule has 0 aliphatic carbocycles. The van der Waals surface area contributed by atoms with Gasteiger partial charge in [-0.2, -0.15) is 4.31 Å². The number of benzene rings is 1. The molecule has 1 aromatic carbocycles. The van der Waals surface area contributed by atoms with Gasteiger partial charge >= 0.3 is 0 Å². The minimum Gasteiger partial charge on any atom is -0.304 e. The molecule has 7 nitrogen and oxygen atoms in total. The van der Waals surface area contributed by atoms with Gasteiger partial charge in [-0.25, -0.2) is 13.4 Å². The lowest BCUT2D eigenvalue weighted by molar-refractivity contribution is 0.0662. The fraction of sp³-hybridized carbons (Fsp3) is 0.611. The summed E-state index contributed by atoms with van der Waals surface area (Å²) in [6, 6.07) is 6.27. The molecule has 1 aromatic rings. The zero-order valence-corrected chi connectivity index (χ0v) is 16.2. The van der Waals surface area contributed by atoms with Crippen LogP contribution in [0.2, 0.25) is 0 Å². The quantitative estimate of drug-likeness (QED) is 0.848. The second kappa shape index (κ2) is 8.47. The van der Waals surface area contributed by atoms with E-state index in [1.807, 2.05) is 5.01 Å². The fourth-order valence-electron chi connectivity index (χ4n) is 3.34. The topological polar surface area (TPSA) is 73.0 Å². The van der Waals surface area contributed by atoms with E-state index in [-0.39, 0.29) is 10.8 Å². The van der Waals surface area contributed by atoms with E-state index in [0.29, 0.717) is 18.7 Å². The molecule has 0 saturated carbocycles. The first-order valence-electron chi connectivity index (χ1n) is 9.31. The van der Waals surface area contributed by atoms with E-state index in [2.05, 4.69) is 17.4 Å². The predicted octanol–water partition coefficient (Wildman–Crippen LogP) is 1.14. The van der Waals surface area contributed by atoms with Crippen molar-refractivity contribution >= 4 is 15.9 Å². The van der Waals surface area contributed by atoms with Crippen LogP contribution in [0.5, 0.6) is 0 Å². The maximum atomic E-state index is 12.8. The summed E-state index contributed by atoms with van der Waals surface area (Å²) < 4.78 is 27.1. The van der Waals surface area contributed by atoms with Crippen molar-refractivity contribution in [2.24, 2.45) is 0 Å². The van der Waals surface area contributed by atoms with E-state index in [0.717, 1.165) is 51.9 Å². The van der Waals surface area contributed by atoms with Crippen LogP contribution in [-0.4, -0.2) is 74.9 Å². The number of nitrogens with one attached hydrogen (secondary N) is 1. The van der Waals surface area contributed by atoms with E-state index >= 15 is 0 Å². The van der Waals surface area contributed by atoms with Gasteiger partial charge in [0.1, 0.15) is 0 Å². The number of hydrogen-bond acceptors (Lipinski definition) is 5. The van der Waals surface area contributed by atoms with Gasteiger partial charge in [0, 0.05) is 44.8 Å². The average molecular weight is 381 g/mol. The van der Waals surface area contributed by atoms with Crippen LogP contribution in [0, 0.1) is 0 Å². The maximum Gasteiger partial charge on any atom is 0.265 e. The molecule has 26 heavy (non-hydrogen) atoms. The Kier molecular flexibility index (Phi) is 6.29. The zero-order valence-electron chi connectivity index (χ0n) is 15.4. The van der Waals surface area contributed by atoms with Crippen molar-refractivity contribution in [1.29, 1.82) is 0 Å². The molecule has 2 aliphatic rings. The highest BCUT2D eigenvalue weighted by Gasteiger charge is 2.25. The van der Waals surface area contributed by atoms with E-state index in [1.54, 1.807) is 28.6 Å². The summed E-state index contributed by atoms with van der Waals surface area (Å²) in [5.74, 6) is -0.201. The first kappa shape index (κ1) is 19.3. The van der Waals surface area contributed by atoms with Gasteiger partial charge in [0.05, 0.1) is 4.90 Å². The third-order valence-electron chi connectivity index (χ3n) is 5.08. The van der Waals surface area contributed by atoms with Crippen molar-refractivity contribution in [3.63, 3.8) is 0 Å². The van der Waals surface area contributed by atoms with Crippen molar-refractivity contribution in [3.05, 3.63) is 29.8 Å². The molecule has 2 aliphatic heterocycles. The molecule has 2 fully saturated rings. The standard InChI is InChI=1S/C18H28N4O3S/c1-20-12-14-21(15-13-20)19-18(23)16-6-8-17(9-7-16)26(24,25)22-10-4-2-3-5-11-22/h6-9H,2-5,10-15H2,1H3,(H,19,23). The molecule has 8 heteroatoms. The lowest BCUT2D eigenvalue weighted by Crippen LogP contribution is -2.52. The molecule has 0 unspecified atom stereocenters. The molecular formula is C18H28N4O3S. The Bertz CT molecular complexity index is 704. The number of rotatable bonds is 4. The Balaban J connectivity index is 1.64. The van der Waals surface area contributed by atoms with Gasteiger partial charge in [-0.3, -0.25) is 10.2 Å².